The van der Waals surface area contributed by atoms with Crippen LogP contribution in [0.4, 0.5) is 0 Å². The van der Waals surface area contributed by atoms with Gasteiger partial charge in [-0.1, -0.05) is 23.3 Å². The van der Waals surface area contributed by atoms with Gasteiger partial charge < -0.3 is 24.7 Å². The Labute approximate surface area is 146 Å². The van der Waals surface area contributed by atoms with E-state index in [1.807, 2.05) is 50.2 Å². The maximum absolute atomic E-state index is 10.9. The molecule has 1 fully saturated rings. The van der Waals surface area contributed by atoms with Crippen LogP contribution < -0.4 is 10.5 Å². The molecular weight excluding hydrogens is 318 g/mol. The fraction of sp³-hybridized carbons (Fsp3) is 0.350. The Balaban J connectivity index is 1.82. The molecule has 5 heteroatoms. The van der Waals surface area contributed by atoms with Crippen LogP contribution in [-0.2, 0) is 20.1 Å². The molecule has 2 aliphatic heterocycles. The molecule has 0 radical (unpaired) electrons. The molecule has 2 N–H and O–H groups in total. The summed E-state index contributed by atoms with van der Waals surface area (Å²) in [6.07, 6.45) is 0.920. The third-order valence-corrected chi connectivity index (χ3v) is 4.71. The van der Waals surface area contributed by atoms with Gasteiger partial charge in [0.2, 0.25) is 5.79 Å². The molecule has 0 aliphatic carbocycles. The molecule has 1 saturated heterocycles. The highest BCUT2D eigenvalue weighted by molar-refractivity contribution is 5.58. The van der Waals surface area contributed by atoms with Gasteiger partial charge >= 0.3 is 0 Å². The summed E-state index contributed by atoms with van der Waals surface area (Å²) in [6, 6.07) is 11.4. The molecule has 0 aromatic heterocycles. The quantitative estimate of drug-likeness (QED) is 0.871. The molecule has 130 valence electrons. The summed E-state index contributed by atoms with van der Waals surface area (Å²) in [5.74, 6) is 0.429. The van der Waals surface area contributed by atoms with Crippen molar-refractivity contribution < 1.29 is 19.0 Å². The molecule has 2 unspecified atom stereocenters. The number of ether oxygens (including phenoxy) is 3. The first kappa shape index (κ1) is 16.3. The molecule has 25 heavy (non-hydrogen) atoms. The molecule has 0 bridgehead atoms. The van der Waals surface area contributed by atoms with Crippen molar-refractivity contribution in [2.24, 2.45) is 5.73 Å². The zero-order chi connectivity index (χ0) is 17.6. The number of aldehydes is 1. The van der Waals surface area contributed by atoms with E-state index in [1.54, 1.807) is 0 Å². The zero-order valence-corrected chi connectivity index (χ0v) is 14.3. The number of carbonyl (C=O) groups is 1. The van der Waals surface area contributed by atoms with Crippen molar-refractivity contribution in [2.45, 2.75) is 38.2 Å². The number of fused-ring (bicyclic) bond motifs is 4. The lowest BCUT2D eigenvalue weighted by molar-refractivity contribution is -0.148. The highest BCUT2D eigenvalue weighted by Crippen LogP contribution is 2.52. The van der Waals surface area contributed by atoms with E-state index in [9.17, 15) is 4.79 Å². The number of nitrogens with two attached hydrogens (primary N) is 1. The van der Waals surface area contributed by atoms with Crippen LogP contribution in [0.15, 0.2) is 36.4 Å². The average molecular weight is 339 g/mol. The number of benzene rings is 2. The minimum atomic E-state index is -1.02. The number of rotatable bonds is 3. The molecule has 2 heterocycles. The third kappa shape index (κ3) is 2.65. The Bertz CT molecular complexity index is 781. The van der Waals surface area contributed by atoms with E-state index < -0.39 is 11.8 Å². The minimum Gasteiger partial charge on any atom is -0.456 e. The van der Waals surface area contributed by atoms with Gasteiger partial charge in [-0.2, -0.15) is 0 Å². The predicted octanol–water partition coefficient (Wildman–Crippen LogP) is 2.94. The van der Waals surface area contributed by atoms with Gasteiger partial charge in [0.15, 0.2) is 0 Å². The SMILES string of the molecule is Cc1ccc2c(c1)C1(OCC(CC(N)C=O)O1)c1cc(C)ccc1O2. The van der Waals surface area contributed by atoms with Gasteiger partial charge in [0, 0.05) is 0 Å². The number of hydrogen-bond donors (Lipinski definition) is 1. The van der Waals surface area contributed by atoms with Gasteiger partial charge in [-0.05, 0) is 44.5 Å². The maximum atomic E-state index is 10.9. The van der Waals surface area contributed by atoms with Crippen molar-refractivity contribution in [3.63, 3.8) is 0 Å². The van der Waals surface area contributed by atoms with Crippen molar-refractivity contribution in [3.8, 4) is 11.5 Å². The summed E-state index contributed by atoms with van der Waals surface area (Å²) in [4.78, 5) is 10.9. The Kier molecular flexibility index (Phi) is 3.87. The molecule has 0 amide bonds. The van der Waals surface area contributed by atoms with E-state index >= 15 is 0 Å². The molecule has 2 aromatic rings. The second-order valence-electron chi connectivity index (χ2n) is 6.80. The number of carbonyl (C=O) groups excluding carboxylic acids is 1. The van der Waals surface area contributed by atoms with Crippen LogP contribution in [0.25, 0.3) is 0 Å². The third-order valence-electron chi connectivity index (χ3n) is 4.71. The van der Waals surface area contributed by atoms with E-state index in [1.165, 1.54) is 0 Å². The summed E-state index contributed by atoms with van der Waals surface area (Å²) in [5, 5.41) is 0. The smallest absolute Gasteiger partial charge is 0.230 e. The van der Waals surface area contributed by atoms with Crippen LogP contribution in [0.1, 0.15) is 28.7 Å². The summed E-state index contributed by atoms with van der Waals surface area (Å²) < 4.78 is 18.7. The topological polar surface area (TPSA) is 70.8 Å². The second-order valence-corrected chi connectivity index (χ2v) is 6.80. The Morgan fingerprint density at radius 1 is 1.16 bits per heavy atom. The van der Waals surface area contributed by atoms with Crippen molar-refractivity contribution in [1.82, 2.24) is 0 Å². The van der Waals surface area contributed by atoms with Gasteiger partial charge in [0.25, 0.3) is 0 Å². The first-order valence-corrected chi connectivity index (χ1v) is 8.44. The normalized spacial score (nSPS) is 21.3. The monoisotopic (exact) mass is 339 g/mol. The second kappa shape index (κ2) is 5.95. The van der Waals surface area contributed by atoms with Gasteiger partial charge in [-0.15, -0.1) is 0 Å². The van der Waals surface area contributed by atoms with Crippen molar-refractivity contribution in [1.29, 1.82) is 0 Å². The van der Waals surface area contributed by atoms with Crippen LogP contribution in [0.3, 0.4) is 0 Å². The largest absolute Gasteiger partial charge is 0.456 e. The van der Waals surface area contributed by atoms with Crippen LogP contribution in [-0.4, -0.2) is 25.0 Å². The molecule has 1 spiro atoms. The van der Waals surface area contributed by atoms with Crippen LogP contribution in [0.2, 0.25) is 0 Å². The highest BCUT2D eigenvalue weighted by atomic mass is 16.7. The van der Waals surface area contributed by atoms with E-state index in [0.717, 1.165) is 40.0 Å². The first-order valence-electron chi connectivity index (χ1n) is 8.44. The van der Waals surface area contributed by atoms with E-state index in [4.69, 9.17) is 19.9 Å². The van der Waals surface area contributed by atoms with Gasteiger partial charge in [-0.3, -0.25) is 0 Å². The van der Waals surface area contributed by atoms with Crippen LogP contribution in [0.5, 0.6) is 11.5 Å². The fourth-order valence-corrected chi connectivity index (χ4v) is 3.51. The number of aryl methyl sites for hydroxylation is 2. The molecule has 2 aromatic carbocycles. The van der Waals surface area contributed by atoms with E-state index in [-0.39, 0.29) is 6.10 Å². The molecular formula is C20H21NO4. The lowest BCUT2D eigenvalue weighted by Crippen LogP contribution is -2.34. The lowest BCUT2D eigenvalue weighted by atomic mass is 9.91. The first-order chi connectivity index (χ1) is 12.0. The molecule has 0 saturated carbocycles. The van der Waals surface area contributed by atoms with Crippen molar-refractivity contribution in [2.75, 3.05) is 6.61 Å². The van der Waals surface area contributed by atoms with Crippen LogP contribution >= 0.6 is 0 Å². The average Bonchev–Trinajstić information content (AvgIpc) is 3.01. The lowest BCUT2D eigenvalue weighted by Gasteiger charge is -2.36. The van der Waals surface area contributed by atoms with E-state index in [2.05, 4.69) is 0 Å². The summed E-state index contributed by atoms with van der Waals surface area (Å²) in [5.41, 5.74) is 9.68. The fourth-order valence-electron chi connectivity index (χ4n) is 3.51. The molecule has 4 rings (SSSR count). The zero-order valence-electron chi connectivity index (χ0n) is 14.3. The molecule has 5 nitrogen and oxygen atoms in total. The Morgan fingerprint density at radius 3 is 2.32 bits per heavy atom. The Morgan fingerprint density at radius 2 is 1.76 bits per heavy atom. The molecule has 2 aliphatic rings. The van der Waals surface area contributed by atoms with Crippen LogP contribution in [0, 0.1) is 13.8 Å². The maximum Gasteiger partial charge on any atom is 0.230 e. The van der Waals surface area contributed by atoms with Gasteiger partial charge in [-0.25, -0.2) is 0 Å². The van der Waals surface area contributed by atoms with E-state index in [0.29, 0.717) is 13.0 Å². The summed E-state index contributed by atoms with van der Waals surface area (Å²) in [7, 11) is 0. The van der Waals surface area contributed by atoms with Crippen molar-refractivity contribution in [3.05, 3.63) is 58.7 Å². The summed E-state index contributed by atoms with van der Waals surface area (Å²) in [6.45, 7) is 4.42. The highest BCUT2D eigenvalue weighted by Gasteiger charge is 2.50. The summed E-state index contributed by atoms with van der Waals surface area (Å²) >= 11 is 0. The standard InChI is InChI=1S/C20H21NO4/c1-12-3-5-18-16(7-12)20(17-8-13(2)4-6-19(17)24-18)23-11-15(25-20)9-14(21)10-22/h3-8,10,14-15H,9,11,21H2,1-2H3. The predicted molar refractivity (Wildman–Crippen MR) is 92.7 cm³/mol. The van der Waals surface area contributed by atoms with Crippen molar-refractivity contribution >= 4 is 6.29 Å². The minimum absolute atomic E-state index is 0.250. The molecule has 2 atom stereocenters. The van der Waals surface area contributed by atoms with Gasteiger partial charge in [0.1, 0.15) is 17.8 Å². The number of hydrogen-bond acceptors (Lipinski definition) is 5. The van der Waals surface area contributed by atoms with Gasteiger partial charge in [0.05, 0.1) is 29.9 Å². The Hall–Kier alpha value is -2.21.